The Morgan fingerprint density at radius 2 is 1.92 bits per heavy atom. The normalized spacial score (nSPS) is 12.7. The number of aliphatic carboxylic acids is 1. The molecular formula is C18H18FNO4. The van der Waals surface area contributed by atoms with Crippen LogP contribution in [0.5, 0.6) is 5.75 Å². The van der Waals surface area contributed by atoms with E-state index in [1.54, 1.807) is 31.2 Å². The third-order valence-corrected chi connectivity index (χ3v) is 3.51. The number of phenolic OH excluding ortho intramolecular Hbond substituents is 1. The van der Waals surface area contributed by atoms with E-state index in [0.29, 0.717) is 11.3 Å². The third kappa shape index (κ3) is 5.08. The number of carbonyl (C=O) groups is 1. The maximum absolute atomic E-state index is 12.8. The van der Waals surface area contributed by atoms with Gasteiger partial charge in [-0.05, 0) is 48.7 Å². The Labute approximate surface area is 139 Å². The molecule has 2 aromatic carbocycles. The fourth-order valence-electron chi connectivity index (χ4n) is 2.19. The van der Waals surface area contributed by atoms with Gasteiger partial charge in [0.2, 0.25) is 0 Å². The van der Waals surface area contributed by atoms with Gasteiger partial charge in [-0.1, -0.05) is 29.4 Å². The number of oxime groups is 1. The first kappa shape index (κ1) is 17.5. The van der Waals surface area contributed by atoms with Crippen molar-refractivity contribution < 1.29 is 24.2 Å². The van der Waals surface area contributed by atoms with Crippen molar-refractivity contribution in [1.82, 2.24) is 0 Å². The molecule has 0 heterocycles. The van der Waals surface area contributed by atoms with Crippen LogP contribution in [0.4, 0.5) is 4.39 Å². The Bertz CT molecular complexity index is 728. The minimum atomic E-state index is -1.02. The molecule has 1 unspecified atom stereocenters. The van der Waals surface area contributed by atoms with Gasteiger partial charge < -0.3 is 15.1 Å². The molecule has 126 valence electrons. The molecule has 0 aliphatic rings. The van der Waals surface area contributed by atoms with Crippen LogP contribution >= 0.6 is 0 Å². The second-order valence-electron chi connectivity index (χ2n) is 5.40. The van der Waals surface area contributed by atoms with Crippen molar-refractivity contribution in [3.05, 3.63) is 65.5 Å². The predicted molar refractivity (Wildman–Crippen MR) is 87.2 cm³/mol. The van der Waals surface area contributed by atoms with Crippen LogP contribution in [0.3, 0.4) is 0 Å². The van der Waals surface area contributed by atoms with E-state index < -0.39 is 11.9 Å². The highest BCUT2D eigenvalue weighted by molar-refractivity contribution is 6.00. The summed E-state index contributed by atoms with van der Waals surface area (Å²) in [6, 6.07) is 12.2. The van der Waals surface area contributed by atoms with Crippen LogP contribution in [0.15, 0.2) is 53.7 Å². The molecule has 0 saturated carbocycles. The van der Waals surface area contributed by atoms with Crippen LogP contribution in [0.1, 0.15) is 18.1 Å². The molecule has 0 aliphatic carbocycles. The molecule has 5 nitrogen and oxygen atoms in total. The molecule has 2 aromatic rings. The monoisotopic (exact) mass is 331 g/mol. The van der Waals surface area contributed by atoms with Gasteiger partial charge in [-0.15, -0.1) is 0 Å². The minimum absolute atomic E-state index is 0.0822. The Kier molecular flexibility index (Phi) is 5.89. The topological polar surface area (TPSA) is 79.1 Å². The molecule has 0 fully saturated rings. The average Bonchev–Trinajstić information content (AvgIpc) is 2.54. The first-order chi connectivity index (χ1) is 11.5. The first-order valence-electron chi connectivity index (χ1n) is 7.37. The molecule has 0 amide bonds. The van der Waals surface area contributed by atoms with Crippen LogP contribution in [-0.4, -0.2) is 21.9 Å². The molecule has 0 aromatic heterocycles. The van der Waals surface area contributed by atoms with E-state index in [1.807, 2.05) is 0 Å². The highest BCUT2D eigenvalue weighted by atomic mass is 19.1. The summed E-state index contributed by atoms with van der Waals surface area (Å²) < 4.78 is 12.8. The zero-order valence-corrected chi connectivity index (χ0v) is 13.1. The van der Waals surface area contributed by atoms with Crippen LogP contribution in [0.2, 0.25) is 0 Å². The van der Waals surface area contributed by atoms with Crippen molar-refractivity contribution in [3.63, 3.8) is 0 Å². The summed E-state index contributed by atoms with van der Waals surface area (Å²) in [5, 5.41) is 22.7. The number of rotatable bonds is 7. The van der Waals surface area contributed by atoms with E-state index in [1.165, 1.54) is 24.3 Å². The summed E-state index contributed by atoms with van der Waals surface area (Å²) in [7, 11) is 0. The van der Waals surface area contributed by atoms with E-state index in [2.05, 4.69) is 5.16 Å². The number of hydrogen-bond acceptors (Lipinski definition) is 4. The lowest BCUT2D eigenvalue weighted by atomic mass is 9.95. The number of phenols is 1. The summed E-state index contributed by atoms with van der Waals surface area (Å²) >= 11 is 0. The number of aromatic hydroxyl groups is 1. The Morgan fingerprint density at radius 1 is 1.21 bits per heavy atom. The maximum atomic E-state index is 12.8. The number of carboxylic acid groups (broad SMARTS) is 1. The molecule has 0 radical (unpaired) electrons. The van der Waals surface area contributed by atoms with Gasteiger partial charge >= 0.3 is 5.97 Å². The Hall–Kier alpha value is -2.89. The summed E-state index contributed by atoms with van der Waals surface area (Å²) in [6.07, 6.45) is 0.193. The maximum Gasteiger partial charge on any atom is 0.312 e. The number of hydrogen-bond donors (Lipinski definition) is 2. The Balaban J connectivity index is 2.01. The van der Waals surface area contributed by atoms with Crippen LogP contribution < -0.4 is 0 Å². The molecule has 0 spiro atoms. The van der Waals surface area contributed by atoms with Gasteiger partial charge in [-0.2, -0.15) is 0 Å². The fourth-order valence-corrected chi connectivity index (χ4v) is 2.19. The number of benzene rings is 2. The van der Waals surface area contributed by atoms with Gasteiger partial charge in [-0.25, -0.2) is 4.39 Å². The highest BCUT2D eigenvalue weighted by Gasteiger charge is 2.22. The molecular weight excluding hydrogens is 313 g/mol. The standard InChI is InChI=1S/C18H18FNO4/c1-12(20-24-11-13-5-7-15(19)8-6-13)17(18(22)23)10-14-3-2-4-16(21)9-14/h2-9,17,21H,10-11H2,1H3,(H,22,23). The average molecular weight is 331 g/mol. The summed E-state index contributed by atoms with van der Waals surface area (Å²) in [4.78, 5) is 16.6. The number of nitrogens with zero attached hydrogens (tertiary/aromatic N) is 1. The van der Waals surface area contributed by atoms with Gasteiger partial charge in [0.1, 0.15) is 24.1 Å². The van der Waals surface area contributed by atoms with Gasteiger partial charge in [-0.3, -0.25) is 4.79 Å². The molecule has 0 aliphatic heterocycles. The highest BCUT2D eigenvalue weighted by Crippen LogP contribution is 2.16. The van der Waals surface area contributed by atoms with Crippen molar-refractivity contribution in [3.8, 4) is 5.75 Å². The quantitative estimate of drug-likeness (QED) is 0.602. The first-order valence-corrected chi connectivity index (χ1v) is 7.37. The largest absolute Gasteiger partial charge is 0.508 e. The summed E-state index contributed by atoms with van der Waals surface area (Å²) in [6.45, 7) is 1.70. The lowest BCUT2D eigenvalue weighted by Gasteiger charge is -2.12. The molecule has 2 rings (SSSR count). The van der Waals surface area contributed by atoms with Crippen molar-refractivity contribution >= 4 is 11.7 Å². The number of carboxylic acids is 1. The fraction of sp³-hybridized carbons (Fsp3) is 0.222. The van der Waals surface area contributed by atoms with Gasteiger partial charge in [0.15, 0.2) is 0 Å². The molecule has 24 heavy (non-hydrogen) atoms. The van der Waals surface area contributed by atoms with E-state index >= 15 is 0 Å². The van der Waals surface area contributed by atoms with Crippen molar-refractivity contribution in [2.75, 3.05) is 0 Å². The van der Waals surface area contributed by atoms with Crippen LogP contribution in [-0.2, 0) is 22.7 Å². The lowest BCUT2D eigenvalue weighted by molar-refractivity contribution is -0.139. The van der Waals surface area contributed by atoms with Gasteiger partial charge in [0, 0.05) is 0 Å². The molecule has 1 atom stereocenters. The van der Waals surface area contributed by atoms with E-state index in [-0.39, 0.29) is 24.6 Å². The van der Waals surface area contributed by atoms with Crippen LogP contribution in [0.25, 0.3) is 0 Å². The van der Waals surface area contributed by atoms with Crippen molar-refractivity contribution in [2.45, 2.75) is 20.0 Å². The van der Waals surface area contributed by atoms with E-state index in [0.717, 1.165) is 5.56 Å². The third-order valence-electron chi connectivity index (χ3n) is 3.51. The predicted octanol–water partition coefficient (Wildman–Crippen LogP) is 3.37. The second-order valence-corrected chi connectivity index (χ2v) is 5.40. The molecule has 0 saturated heterocycles. The number of halogens is 1. The van der Waals surface area contributed by atoms with Crippen LogP contribution in [0, 0.1) is 11.7 Å². The zero-order valence-electron chi connectivity index (χ0n) is 13.1. The smallest absolute Gasteiger partial charge is 0.312 e. The SMILES string of the molecule is CC(=NOCc1ccc(F)cc1)C(Cc1cccc(O)c1)C(=O)O. The van der Waals surface area contributed by atoms with Crippen molar-refractivity contribution in [2.24, 2.45) is 11.1 Å². The molecule has 6 heteroatoms. The van der Waals surface area contributed by atoms with Gasteiger partial charge in [0.25, 0.3) is 0 Å². The molecule has 2 N–H and O–H groups in total. The van der Waals surface area contributed by atoms with E-state index in [4.69, 9.17) is 4.84 Å². The second kappa shape index (κ2) is 8.10. The lowest BCUT2D eigenvalue weighted by Crippen LogP contribution is -2.24. The van der Waals surface area contributed by atoms with Crippen molar-refractivity contribution in [1.29, 1.82) is 0 Å². The Morgan fingerprint density at radius 3 is 2.54 bits per heavy atom. The minimum Gasteiger partial charge on any atom is -0.508 e. The zero-order chi connectivity index (χ0) is 17.5. The molecule has 0 bridgehead atoms. The van der Waals surface area contributed by atoms with Gasteiger partial charge in [0.05, 0.1) is 5.71 Å². The van der Waals surface area contributed by atoms with E-state index in [9.17, 15) is 19.4 Å². The summed E-state index contributed by atoms with van der Waals surface area (Å²) in [5.74, 6) is -2.14. The summed E-state index contributed by atoms with van der Waals surface area (Å²) in [5.41, 5.74) is 1.73.